The maximum absolute atomic E-state index is 5.84. The van der Waals surface area contributed by atoms with Gasteiger partial charge in [0, 0.05) is 23.5 Å². The Hall–Kier alpha value is -1.28. The average Bonchev–Trinajstić information content (AvgIpc) is 2.61. The van der Waals surface area contributed by atoms with Crippen LogP contribution in [0.25, 0.3) is 11.0 Å². The van der Waals surface area contributed by atoms with Gasteiger partial charge < -0.3 is 9.73 Å². The van der Waals surface area contributed by atoms with Crippen molar-refractivity contribution < 1.29 is 4.42 Å². The molecule has 1 aliphatic carbocycles. The Kier molecular flexibility index (Phi) is 4.11. The lowest BCUT2D eigenvalue weighted by molar-refractivity contribution is 0.445. The summed E-state index contributed by atoms with van der Waals surface area (Å²) in [6.45, 7) is 5.39. The standard InChI is InChI=1S/C18H25NO/c1-13-6-5-7-15(11-10-13)19-12-17-14(2)20-18-9-4-3-8-16(17)18/h3-4,8-9,13,15,19H,5-7,10-12H2,1-2H3. The van der Waals surface area contributed by atoms with E-state index in [2.05, 4.69) is 37.4 Å². The van der Waals surface area contributed by atoms with Gasteiger partial charge in [-0.3, -0.25) is 0 Å². The van der Waals surface area contributed by atoms with Crippen LogP contribution in [0.4, 0.5) is 0 Å². The van der Waals surface area contributed by atoms with Crippen LogP contribution in [0.2, 0.25) is 0 Å². The van der Waals surface area contributed by atoms with Crippen LogP contribution in [0.3, 0.4) is 0 Å². The molecule has 2 aromatic rings. The highest BCUT2D eigenvalue weighted by Crippen LogP contribution is 2.26. The first-order valence-electron chi connectivity index (χ1n) is 7.94. The molecule has 0 amide bonds. The van der Waals surface area contributed by atoms with Gasteiger partial charge >= 0.3 is 0 Å². The lowest BCUT2D eigenvalue weighted by Gasteiger charge is -2.16. The molecule has 3 rings (SSSR count). The average molecular weight is 271 g/mol. The predicted octanol–water partition coefficient (Wildman–Crippen LogP) is 4.80. The highest BCUT2D eigenvalue weighted by atomic mass is 16.3. The summed E-state index contributed by atoms with van der Waals surface area (Å²) in [5.74, 6) is 1.96. The molecule has 2 heteroatoms. The van der Waals surface area contributed by atoms with E-state index in [1.54, 1.807) is 0 Å². The molecule has 1 N–H and O–H groups in total. The number of fused-ring (bicyclic) bond motifs is 1. The summed E-state index contributed by atoms with van der Waals surface area (Å²) >= 11 is 0. The second kappa shape index (κ2) is 6.01. The second-order valence-corrected chi connectivity index (χ2v) is 6.32. The third-order valence-corrected chi connectivity index (χ3v) is 4.73. The fourth-order valence-corrected chi connectivity index (χ4v) is 3.38. The van der Waals surface area contributed by atoms with Gasteiger partial charge in [0.2, 0.25) is 0 Å². The summed E-state index contributed by atoms with van der Waals surface area (Å²) in [6, 6.07) is 9.02. The summed E-state index contributed by atoms with van der Waals surface area (Å²) in [5.41, 5.74) is 2.34. The Morgan fingerprint density at radius 3 is 2.90 bits per heavy atom. The molecule has 20 heavy (non-hydrogen) atoms. The molecule has 1 aromatic carbocycles. The summed E-state index contributed by atoms with van der Waals surface area (Å²) in [4.78, 5) is 0. The minimum absolute atomic E-state index is 0.674. The van der Waals surface area contributed by atoms with E-state index in [-0.39, 0.29) is 0 Å². The van der Waals surface area contributed by atoms with E-state index in [4.69, 9.17) is 4.42 Å². The van der Waals surface area contributed by atoms with Crippen molar-refractivity contribution in [3.05, 3.63) is 35.6 Å². The number of nitrogens with one attached hydrogen (secondary N) is 1. The molecule has 1 fully saturated rings. The quantitative estimate of drug-likeness (QED) is 0.811. The minimum atomic E-state index is 0.674. The zero-order valence-electron chi connectivity index (χ0n) is 12.6. The third-order valence-electron chi connectivity index (χ3n) is 4.73. The summed E-state index contributed by atoms with van der Waals surface area (Å²) in [6.07, 6.45) is 6.76. The zero-order chi connectivity index (χ0) is 13.9. The van der Waals surface area contributed by atoms with Crippen molar-refractivity contribution in [3.63, 3.8) is 0 Å². The van der Waals surface area contributed by atoms with Crippen molar-refractivity contribution in [1.29, 1.82) is 0 Å². The molecule has 0 spiro atoms. The SMILES string of the molecule is Cc1oc2ccccc2c1CNC1CCCC(C)CC1. The number of para-hydroxylation sites is 1. The first-order valence-corrected chi connectivity index (χ1v) is 7.94. The topological polar surface area (TPSA) is 25.2 Å². The molecule has 0 aliphatic heterocycles. The van der Waals surface area contributed by atoms with Gasteiger partial charge in [-0.25, -0.2) is 0 Å². The van der Waals surface area contributed by atoms with Crippen molar-refractivity contribution in [1.82, 2.24) is 5.32 Å². The predicted molar refractivity (Wildman–Crippen MR) is 83.8 cm³/mol. The van der Waals surface area contributed by atoms with E-state index in [1.165, 1.54) is 43.1 Å². The number of hydrogen-bond donors (Lipinski definition) is 1. The molecule has 108 valence electrons. The number of furan rings is 1. The fourth-order valence-electron chi connectivity index (χ4n) is 3.38. The highest BCUT2D eigenvalue weighted by molar-refractivity contribution is 5.82. The molecule has 2 unspecified atom stereocenters. The van der Waals surface area contributed by atoms with Crippen molar-refractivity contribution >= 4 is 11.0 Å². The summed E-state index contributed by atoms with van der Waals surface area (Å²) in [7, 11) is 0. The second-order valence-electron chi connectivity index (χ2n) is 6.32. The largest absolute Gasteiger partial charge is 0.461 e. The molecule has 1 heterocycles. The van der Waals surface area contributed by atoms with E-state index in [1.807, 2.05) is 6.07 Å². The maximum atomic E-state index is 5.84. The van der Waals surface area contributed by atoms with Crippen molar-refractivity contribution in [2.24, 2.45) is 5.92 Å². The summed E-state index contributed by atoms with van der Waals surface area (Å²) in [5, 5.41) is 5.02. The van der Waals surface area contributed by atoms with Crippen LogP contribution in [0, 0.1) is 12.8 Å². The monoisotopic (exact) mass is 271 g/mol. The first-order chi connectivity index (χ1) is 9.74. The Bertz CT molecular complexity index is 572. The molecular weight excluding hydrogens is 246 g/mol. The molecule has 0 radical (unpaired) electrons. The fraction of sp³-hybridized carbons (Fsp3) is 0.556. The van der Waals surface area contributed by atoms with Gasteiger partial charge in [0.15, 0.2) is 0 Å². The van der Waals surface area contributed by atoms with E-state index < -0.39 is 0 Å². The molecule has 2 nitrogen and oxygen atoms in total. The maximum Gasteiger partial charge on any atom is 0.134 e. The number of aryl methyl sites for hydroxylation is 1. The van der Waals surface area contributed by atoms with E-state index in [9.17, 15) is 0 Å². The number of rotatable bonds is 3. The van der Waals surface area contributed by atoms with E-state index in [0.29, 0.717) is 6.04 Å². The molecule has 1 aliphatic rings. The lowest BCUT2D eigenvalue weighted by atomic mass is 10.0. The van der Waals surface area contributed by atoms with Gasteiger partial charge in [0.25, 0.3) is 0 Å². The minimum Gasteiger partial charge on any atom is -0.461 e. The summed E-state index contributed by atoms with van der Waals surface area (Å²) < 4.78 is 5.84. The zero-order valence-corrected chi connectivity index (χ0v) is 12.6. The van der Waals surface area contributed by atoms with Gasteiger partial charge in [0.1, 0.15) is 11.3 Å². The Balaban J connectivity index is 1.69. The van der Waals surface area contributed by atoms with E-state index >= 15 is 0 Å². The smallest absolute Gasteiger partial charge is 0.134 e. The van der Waals surface area contributed by atoms with Crippen LogP contribution < -0.4 is 5.32 Å². The van der Waals surface area contributed by atoms with Crippen molar-refractivity contribution in [2.45, 2.75) is 58.5 Å². The highest BCUT2D eigenvalue weighted by Gasteiger charge is 2.17. The van der Waals surface area contributed by atoms with Gasteiger partial charge in [-0.15, -0.1) is 0 Å². The van der Waals surface area contributed by atoms with Crippen LogP contribution >= 0.6 is 0 Å². The van der Waals surface area contributed by atoms with Crippen LogP contribution in [-0.4, -0.2) is 6.04 Å². The Morgan fingerprint density at radius 1 is 1.15 bits per heavy atom. The Morgan fingerprint density at radius 2 is 2.00 bits per heavy atom. The molecular formula is C18H25NO. The number of hydrogen-bond acceptors (Lipinski definition) is 2. The third kappa shape index (κ3) is 2.90. The molecule has 0 bridgehead atoms. The Labute approximate surface area is 121 Å². The van der Waals surface area contributed by atoms with Gasteiger partial charge in [-0.1, -0.05) is 38.0 Å². The molecule has 1 aromatic heterocycles. The number of benzene rings is 1. The normalized spacial score (nSPS) is 23.9. The molecule has 0 saturated heterocycles. The van der Waals surface area contributed by atoms with Crippen LogP contribution in [0.15, 0.2) is 28.7 Å². The van der Waals surface area contributed by atoms with Crippen LogP contribution in [-0.2, 0) is 6.54 Å². The first kappa shape index (κ1) is 13.7. The van der Waals surface area contributed by atoms with Gasteiger partial charge in [-0.05, 0) is 38.2 Å². The van der Waals surface area contributed by atoms with Gasteiger partial charge in [-0.2, -0.15) is 0 Å². The lowest BCUT2D eigenvalue weighted by Crippen LogP contribution is -2.28. The van der Waals surface area contributed by atoms with Crippen molar-refractivity contribution in [3.8, 4) is 0 Å². The molecule has 1 saturated carbocycles. The van der Waals surface area contributed by atoms with Crippen LogP contribution in [0.1, 0.15) is 50.4 Å². The van der Waals surface area contributed by atoms with E-state index in [0.717, 1.165) is 23.8 Å². The van der Waals surface area contributed by atoms with Gasteiger partial charge in [0.05, 0.1) is 0 Å². The molecule has 2 atom stereocenters. The van der Waals surface area contributed by atoms with Crippen LogP contribution in [0.5, 0.6) is 0 Å². The van der Waals surface area contributed by atoms with Crippen molar-refractivity contribution in [2.75, 3.05) is 0 Å².